The topological polar surface area (TPSA) is 8.17 Å². The van der Waals surface area contributed by atoms with Crippen molar-refractivity contribution in [2.24, 2.45) is 0 Å². The van der Waals surface area contributed by atoms with Crippen LogP contribution in [0.3, 0.4) is 0 Å². The summed E-state index contributed by atoms with van der Waals surface area (Å²) in [6.45, 7) is 0. The third-order valence-corrected chi connectivity index (χ3v) is 15.2. The summed E-state index contributed by atoms with van der Waals surface area (Å²) in [5, 5.41) is 4.94. The number of rotatable bonds is 9. The largest absolute Gasteiger partial charge is 0.310 e. The lowest BCUT2D eigenvalue weighted by atomic mass is 9.67. The molecule has 0 fully saturated rings. The predicted octanol–water partition coefficient (Wildman–Crippen LogP) is 18.8. The van der Waals surface area contributed by atoms with Crippen LogP contribution in [0.5, 0.6) is 0 Å². The van der Waals surface area contributed by atoms with Gasteiger partial charge in [-0.3, -0.25) is 0 Å². The molecule has 13 aromatic rings. The van der Waals surface area contributed by atoms with Crippen molar-refractivity contribution in [3.63, 3.8) is 0 Å². The Morgan fingerprint density at radius 3 is 1.36 bits per heavy atom. The first-order valence-corrected chi connectivity index (χ1v) is 25.2. The highest BCUT2D eigenvalue weighted by Crippen LogP contribution is 2.59. The SMILES string of the molecule is c1ccc(-c2ccc(N(c3cccc(-n4c5ccc(-c6ccccc6)cc5c5cc(-c6ccccc6)ccc54)c3)c3ccc4c(c3)C(c3ccccc3)(c3ccccc3)c3ccc5ccccc5c3-4)cc2)cc1. The first-order chi connectivity index (χ1) is 36.2. The Hall–Kier alpha value is -9.50. The fraction of sp³-hybridized carbons (Fsp3) is 0.0141. The Morgan fingerprint density at radius 2 is 0.767 bits per heavy atom. The van der Waals surface area contributed by atoms with Gasteiger partial charge in [0.1, 0.15) is 0 Å². The zero-order chi connectivity index (χ0) is 48.3. The van der Waals surface area contributed by atoms with Crippen LogP contribution in [0.4, 0.5) is 17.1 Å². The highest BCUT2D eigenvalue weighted by atomic mass is 15.1. The second-order valence-electron chi connectivity index (χ2n) is 19.2. The fourth-order valence-corrected chi connectivity index (χ4v) is 12.0. The number of hydrogen-bond donors (Lipinski definition) is 0. The van der Waals surface area contributed by atoms with E-state index in [1.807, 2.05) is 0 Å². The van der Waals surface area contributed by atoms with E-state index in [9.17, 15) is 0 Å². The molecule has 0 saturated carbocycles. The van der Waals surface area contributed by atoms with Crippen molar-refractivity contribution in [2.45, 2.75) is 5.41 Å². The monoisotopic (exact) mass is 928 g/mol. The lowest BCUT2D eigenvalue weighted by Gasteiger charge is -2.35. The van der Waals surface area contributed by atoms with Gasteiger partial charge in [-0.05, 0) is 144 Å². The van der Waals surface area contributed by atoms with E-state index in [-0.39, 0.29) is 0 Å². The van der Waals surface area contributed by atoms with Crippen molar-refractivity contribution in [1.82, 2.24) is 4.57 Å². The Balaban J connectivity index is 1.00. The number of fused-ring (bicyclic) bond motifs is 8. The Bertz CT molecular complexity index is 4020. The molecule has 14 rings (SSSR count). The molecule has 1 aliphatic carbocycles. The van der Waals surface area contributed by atoms with E-state index < -0.39 is 5.41 Å². The molecule has 12 aromatic carbocycles. The highest BCUT2D eigenvalue weighted by Gasteiger charge is 2.47. The van der Waals surface area contributed by atoms with Crippen molar-refractivity contribution in [3.8, 4) is 50.2 Å². The first kappa shape index (κ1) is 42.4. The number of hydrogen-bond acceptors (Lipinski definition) is 1. The van der Waals surface area contributed by atoms with Crippen LogP contribution in [-0.4, -0.2) is 4.57 Å². The summed E-state index contributed by atoms with van der Waals surface area (Å²) in [6.07, 6.45) is 0. The molecule has 0 radical (unpaired) electrons. The van der Waals surface area contributed by atoms with Gasteiger partial charge in [0, 0.05) is 33.5 Å². The zero-order valence-electron chi connectivity index (χ0n) is 40.1. The zero-order valence-corrected chi connectivity index (χ0v) is 40.1. The van der Waals surface area contributed by atoms with Crippen LogP contribution in [0.1, 0.15) is 22.3 Å². The second-order valence-corrected chi connectivity index (χ2v) is 19.2. The van der Waals surface area contributed by atoms with Crippen LogP contribution in [0, 0.1) is 0 Å². The molecule has 0 unspecified atom stereocenters. The van der Waals surface area contributed by atoms with Gasteiger partial charge < -0.3 is 9.47 Å². The summed E-state index contributed by atoms with van der Waals surface area (Å²) in [6, 6.07) is 107. The summed E-state index contributed by atoms with van der Waals surface area (Å²) in [5.74, 6) is 0. The lowest BCUT2D eigenvalue weighted by molar-refractivity contribution is 0.769. The molecule has 1 aliphatic rings. The average molecular weight is 929 g/mol. The third kappa shape index (κ3) is 6.94. The maximum atomic E-state index is 2.48. The summed E-state index contributed by atoms with van der Waals surface area (Å²) >= 11 is 0. The first-order valence-electron chi connectivity index (χ1n) is 25.2. The second kappa shape index (κ2) is 17.4. The van der Waals surface area contributed by atoms with Gasteiger partial charge in [-0.25, -0.2) is 0 Å². The normalized spacial score (nSPS) is 12.5. The minimum Gasteiger partial charge on any atom is -0.310 e. The molecule has 0 N–H and O–H groups in total. The van der Waals surface area contributed by atoms with Crippen molar-refractivity contribution in [3.05, 3.63) is 313 Å². The molecular formula is C71H48N2. The van der Waals surface area contributed by atoms with Gasteiger partial charge in [0.15, 0.2) is 0 Å². The van der Waals surface area contributed by atoms with Crippen LogP contribution in [0.15, 0.2) is 291 Å². The van der Waals surface area contributed by atoms with Crippen molar-refractivity contribution < 1.29 is 0 Å². The van der Waals surface area contributed by atoms with E-state index in [0.29, 0.717) is 0 Å². The number of anilines is 3. The maximum absolute atomic E-state index is 2.48. The molecule has 0 atom stereocenters. The molecule has 0 amide bonds. The Kier molecular flexibility index (Phi) is 10.1. The molecule has 342 valence electrons. The molecule has 0 bridgehead atoms. The van der Waals surface area contributed by atoms with E-state index in [0.717, 1.165) is 33.8 Å². The molecule has 1 aromatic heterocycles. The molecule has 0 saturated heterocycles. The van der Waals surface area contributed by atoms with Crippen LogP contribution in [-0.2, 0) is 5.41 Å². The van der Waals surface area contributed by atoms with Crippen molar-refractivity contribution >= 4 is 49.6 Å². The van der Waals surface area contributed by atoms with Crippen molar-refractivity contribution in [2.75, 3.05) is 4.90 Å². The van der Waals surface area contributed by atoms with Gasteiger partial charge in [-0.2, -0.15) is 0 Å². The minimum atomic E-state index is -0.585. The van der Waals surface area contributed by atoms with Gasteiger partial charge in [-0.1, -0.05) is 224 Å². The predicted molar refractivity (Wildman–Crippen MR) is 307 cm³/mol. The van der Waals surface area contributed by atoms with E-state index in [1.165, 1.54) is 88.3 Å². The molecule has 0 spiro atoms. The standard InChI is InChI=1S/C71H48N2/c1-6-19-49(20-7-1)52-33-38-58(39-34-52)72(61-40-41-63-67(48-61)71(56-26-12-4-13-27-56,57-28-14-5-15-29-57)66-42-35-53-25-16-17-32-62(53)70(63)66)59-30-18-31-60(47-59)73-68-43-36-54(50-21-8-2-9-22-50)45-64(68)65-46-55(37-44-69(65)73)51-23-10-3-11-24-51/h1-48H. The van der Waals surface area contributed by atoms with Crippen LogP contribution < -0.4 is 4.90 Å². The summed E-state index contributed by atoms with van der Waals surface area (Å²) in [5.41, 5.74) is 20.8. The number of aromatic nitrogens is 1. The van der Waals surface area contributed by atoms with Crippen molar-refractivity contribution in [1.29, 1.82) is 0 Å². The average Bonchev–Trinajstić information content (AvgIpc) is 3.97. The van der Waals surface area contributed by atoms with Gasteiger partial charge in [0.05, 0.1) is 16.4 Å². The van der Waals surface area contributed by atoms with Crippen LogP contribution in [0.25, 0.3) is 82.8 Å². The summed E-state index contributed by atoms with van der Waals surface area (Å²) in [7, 11) is 0. The Labute approximate surface area is 426 Å². The molecule has 0 aliphatic heterocycles. The third-order valence-electron chi connectivity index (χ3n) is 15.2. The van der Waals surface area contributed by atoms with E-state index in [2.05, 4.69) is 301 Å². The highest BCUT2D eigenvalue weighted by molar-refractivity contribution is 6.12. The van der Waals surface area contributed by atoms with Crippen LogP contribution in [0.2, 0.25) is 0 Å². The van der Waals surface area contributed by atoms with Crippen LogP contribution >= 0.6 is 0 Å². The maximum Gasteiger partial charge on any atom is 0.0714 e. The van der Waals surface area contributed by atoms with E-state index in [1.54, 1.807) is 0 Å². The summed E-state index contributed by atoms with van der Waals surface area (Å²) in [4.78, 5) is 2.45. The van der Waals surface area contributed by atoms with Gasteiger partial charge in [0.2, 0.25) is 0 Å². The molecule has 73 heavy (non-hydrogen) atoms. The number of nitrogens with zero attached hydrogens (tertiary/aromatic N) is 2. The fourth-order valence-electron chi connectivity index (χ4n) is 12.0. The quantitative estimate of drug-likeness (QED) is 0.140. The Morgan fingerprint density at radius 1 is 0.288 bits per heavy atom. The van der Waals surface area contributed by atoms with Gasteiger partial charge >= 0.3 is 0 Å². The number of benzene rings is 12. The smallest absolute Gasteiger partial charge is 0.0714 e. The molecule has 1 heterocycles. The van der Waals surface area contributed by atoms with E-state index >= 15 is 0 Å². The molecule has 2 nitrogen and oxygen atoms in total. The minimum absolute atomic E-state index is 0.585. The molecular weight excluding hydrogens is 881 g/mol. The summed E-state index contributed by atoms with van der Waals surface area (Å²) < 4.78 is 2.45. The van der Waals surface area contributed by atoms with Gasteiger partial charge in [0.25, 0.3) is 0 Å². The van der Waals surface area contributed by atoms with Gasteiger partial charge in [-0.15, -0.1) is 0 Å². The van der Waals surface area contributed by atoms with E-state index in [4.69, 9.17) is 0 Å². The molecule has 2 heteroatoms. The lowest BCUT2D eigenvalue weighted by Crippen LogP contribution is -2.28.